The smallest absolute Gasteiger partial charge is 0.320 e. The van der Waals surface area contributed by atoms with Crippen molar-refractivity contribution < 1.29 is 14.6 Å². The topological polar surface area (TPSA) is 49.8 Å². The second-order valence-electron chi connectivity index (χ2n) is 6.83. The van der Waals surface area contributed by atoms with E-state index in [0.29, 0.717) is 6.04 Å². The quantitative estimate of drug-likeness (QED) is 0.845. The van der Waals surface area contributed by atoms with Gasteiger partial charge in [0.15, 0.2) is 0 Å². The van der Waals surface area contributed by atoms with Crippen LogP contribution in [0.5, 0.6) is 0 Å². The van der Waals surface area contributed by atoms with Gasteiger partial charge >= 0.3 is 5.97 Å². The highest BCUT2D eigenvalue weighted by atomic mass is 16.5. The van der Waals surface area contributed by atoms with Crippen LogP contribution < -0.4 is 0 Å². The third kappa shape index (κ3) is 2.86. The molecule has 3 fully saturated rings. The van der Waals surface area contributed by atoms with Gasteiger partial charge < -0.3 is 9.84 Å². The van der Waals surface area contributed by atoms with Crippen molar-refractivity contribution in [2.45, 2.75) is 81.9 Å². The Morgan fingerprint density at radius 3 is 2.65 bits per heavy atom. The average molecular weight is 281 g/mol. The fraction of sp³-hybridized carbons (Fsp3) is 0.938. The Morgan fingerprint density at radius 1 is 1.10 bits per heavy atom. The number of carboxylic acid groups (broad SMARTS) is 1. The van der Waals surface area contributed by atoms with E-state index in [4.69, 9.17) is 4.74 Å². The molecule has 1 spiro atoms. The van der Waals surface area contributed by atoms with E-state index in [1.807, 2.05) is 0 Å². The molecular weight excluding hydrogens is 254 g/mol. The number of ether oxygens (including phenoxy) is 1. The third-order valence-electron chi connectivity index (χ3n) is 5.53. The molecule has 2 atom stereocenters. The van der Waals surface area contributed by atoms with Gasteiger partial charge in [0.05, 0.1) is 5.60 Å². The monoisotopic (exact) mass is 281 g/mol. The molecule has 2 saturated heterocycles. The molecule has 1 aliphatic carbocycles. The van der Waals surface area contributed by atoms with E-state index in [0.717, 1.165) is 45.3 Å². The molecular formula is C16H27NO3. The average Bonchev–Trinajstić information content (AvgIpc) is 2.75. The maximum absolute atomic E-state index is 11.6. The Kier molecular flexibility index (Phi) is 4.32. The van der Waals surface area contributed by atoms with Gasteiger partial charge in [-0.1, -0.05) is 25.7 Å². The van der Waals surface area contributed by atoms with Gasteiger partial charge in [-0.2, -0.15) is 0 Å². The fourth-order valence-corrected chi connectivity index (χ4v) is 4.49. The number of carbonyl (C=O) groups is 1. The third-order valence-corrected chi connectivity index (χ3v) is 5.53. The molecule has 0 amide bonds. The predicted molar refractivity (Wildman–Crippen MR) is 76.8 cm³/mol. The van der Waals surface area contributed by atoms with E-state index in [-0.39, 0.29) is 11.6 Å². The minimum atomic E-state index is -0.626. The zero-order valence-corrected chi connectivity index (χ0v) is 12.4. The van der Waals surface area contributed by atoms with Gasteiger partial charge in [0.25, 0.3) is 0 Å². The summed E-state index contributed by atoms with van der Waals surface area (Å²) < 4.78 is 6.10. The van der Waals surface area contributed by atoms with Gasteiger partial charge in [-0.3, -0.25) is 9.69 Å². The summed E-state index contributed by atoms with van der Waals surface area (Å²) in [6, 6.07) is 0.153. The zero-order chi connectivity index (χ0) is 14.0. The lowest BCUT2D eigenvalue weighted by Gasteiger charge is -2.44. The van der Waals surface area contributed by atoms with Crippen LogP contribution in [-0.4, -0.2) is 46.8 Å². The molecule has 4 heteroatoms. The Labute approximate surface area is 121 Å². The molecule has 0 aromatic heterocycles. The van der Waals surface area contributed by atoms with Gasteiger partial charge in [0, 0.05) is 12.6 Å². The highest BCUT2D eigenvalue weighted by Crippen LogP contribution is 2.42. The van der Waals surface area contributed by atoms with Gasteiger partial charge in [-0.05, 0) is 45.1 Å². The van der Waals surface area contributed by atoms with Crippen molar-refractivity contribution in [2.24, 2.45) is 0 Å². The fourth-order valence-electron chi connectivity index (χ4n) is 4.49. The first-order valence-corrected chi connectivity index (χ1v) is 8.33. The zero-order valence-electron chi connectivity index (χ0n) is 12.4. The van der Waals surface area contributed by atoms with E-state index in [1.54, 1.807) is 0 Å². The highest BCUT2D eigenvalue weighted by Gasteiger charge is 2.43. The van der Waals surface area contributed by atoms with Crippen LogP contribution >= 0.6 is 0 Å². The van der Waals surface area contributed by atoms with E-state index in [1.165, 1.54) is 32.1 Å². The lowest BCUT2D eigenvalue weighted by molar-refractivity contribution is -0.149. The summed E-state index contributed by atoms with van der Waals surface area (Å²) in [6.45, 7) is 1.77. The number of likely N-dealkylation sites (tertiary alicyclic amines) is 1. The Balaban J connectivity index is 1.73. The second-order valence-corrected chi connectivity index (χ2v) is 6.83. The van der Waals surface area contributed by atoms with Crippen LogP contribution in [0, 0.1) is 0 Å². The standard InChI is InChI=1S/C16H27NO3/c18-15(19)14-6-2-1-5-10-17(14)13-7-11-20-16(12-13)8-3-4-9-16/h13-14H,1-12H2,(H,18,19). The molecule has 1 N–H and O–H groups in total. The van der Waals surface area contributed by atoms with Crippen LogP contribution in [0.25, 0.3) is 0 Å². The van der Waals surface area contributed by atoms with Crippen molar-refractivity contribution >= 4 is 5.97 Å². The van der Waals surface area contributed by atoms with Gasteiger partial charge in [0.2, 0.25) is 0 Å². The van der Waals surface area contributed by atoms with Crippen molar-refractivity contribution in [3.8, 4) is 0 Å². The molecule has 0 bridgehead atoms. The molecule has 1 saturated carbocycles. The predicted octanol–water partition coefficient (Wildman–Crippen LogP) is 2.81. The van der Waals surface area contributed by atoms with Crippen LogP contribution in [0.4, 0.5) is 0 Å². The first-order chi connectivity index (χ1) is 9.70. The van der Waals surface area contributed by atoms with Crippen LogP contribution in [0.1, 0.15) is 64.2 Å². The summed E-state index contributed by atoms with van der Waals surface area (Å²) >= 11 is 0. The summed E-state index contributed by atoms with van der Waals surface area (Å²) in [4.78, 5) is 13.9. The normalized spacial score (nSPS) is 35.0. The van der Waals surface area contributed by atoms with Crippen molar-refractivity contribution in [1.82, 2.24) is 4.90 Å². The van der Waals surface area contributed by atoms with Crippen LogP contribution in [0.15, 0.2) is 0 Å². The Hall–Kier alpha value is -0.610. The van der Waals surface area contributed by atoms with E-state index in [9.17, 15) is 9.90 Å². The largest absolute Gasteiger partial charge is 0.480 e. The lowest BCUT2D eigenvalue weighted by Crippen LogP contribution is -2.53. The number of hydrogen-bond acceptors (Lipinski definition) is 3. The summed E-state index contributed by atoms with van der Waals surface area (Å²) in [5, 5.41) is 9.55. The summed E-state index contributed by atoms with van der Waals surface area (Å²) in [6.07, 6.45) is 11.2. The number of nitrogens with zero attached hydrogens (tertiary/aromatic N) is 1. The van der Waals surface area contributed by atoms with Gasteiger partial charge in [-0.15, -0.1) is 0 Å². The van der Waals surface area contributed by atoms with E-state index < -0.39 is 5.97 Å². The molecule has 2 unspecified atom stereocenters. The molecule has 0 aromatic rings. The summed E-state index contributed by atoms with van der Waals surface area (Å²) in [5.41, 5.74) is 0.0816. The maximum atomic E-state index is 11.6. The van der Waals surface area contributed by atoms with Crippen molar-refractivity contribution in [3.05, 3.63) is 0 Å². The van der Waals surface area contributed by atoms with Crippen LogP contribution in [0.2, 0.25) is 0 Å². The second kappa shape index (κ2) is 6.02. The van der Waals surface area contributed by atoms with Crippen molar-refractivity contribution in [2.75, 3.05) is 13.2 Å². The number of aliphatic carboxylic acids is 1. The molecule has 2 aliphatic heterocycles. The molecule has 114 valence electrons. The highest BCUT2D eigenvalue weighted by molar-refractivity contribution is 5.73. The SMILES string of the molecule is O=C(O)C1CCCCCN1C1CCOC2(CCCC2)C1. The maximum Gasteiger partial charge on any atom is 0.320 e. The first kappa shape index (κ1) is 14.3. The minimum absolute atomic E-state index is 0.0816. The molecule has 20 heavy (non-hydrogen) atoms. The Bertz CT molecular complexity index is 352. The first-order valence-electron chi connectivity index (χ1n) is 8.33. The van der Waals surface area contributed by atoms with E-state index >= 15 is 0 Å². The van der Waals surface area contributed by atoms with Crippen molar-refractivity contribution in [1.29, 1.82) is 0 Å². The Morgan fingerprint density at radius 2 is 1.90 bits per heavy atom. The van der Waals surface area contributed by atoms with Gasteiger partial charge in [0.1, 0.15) is 6.04 Å². The minimum Gasteiger partial charge on any atom is -0.480 e. The molecule has 3 rings (SSSR count). The lowest BCUT2D eigenvalue weighted by atomic mass is 9.87. The molecule has 2 heterocycles. The van der Waals surface area contributed by atoms with Gasteiger partial charge in [-0.25, -0.2) is 0 Å². The van der Waals surface area contributed by atoms with E-state index in [2.05, 4.69) is 4.90 Å². The van der Waals surface area contributed by atoms with Crippen LogP contribution in [0.3, 0.4) is 0 Å². The summed E-state index contributed by atoms with van der Waals surface area (Å²) in [5.74, 6) is -0.626. The number of rotatable bonds is 2. The number of hydrogen-bond donors (Lipinski definition) is 1. The molecule has 4 nitrogen and oxygen atoms in total. The van der Waals surface area contributed by atoms with Crippen molar-refractivity contribution in [3.63, 3.8) is 0 Å². The van der Waals surface area contributed by atoms with Crippen LogP contribution in [-0.2, 0) is 9.53 Å². The molecule has 0 aromatic carbocycles. The number of carboxylic acids is 1. The molecule has 3 aliphatic rings. The molecule has 0 radical (unpaired) electrons. The summed E-state index contributed by atoms with van der Waals surface area (Å²) in [7, 11) is 0.